The van der Waals surface area contributed by atoms with Crippen LogP contribution in [0.15, 0.2) is 72.8 Å². The molecule has 2 aromatic carbocycles. The summed E-state index contributed by atoms with van der Waals surface area (Å²) in [5.74, 6) is 0.409. The minimum atomic E-state index is 0.120. The third kappa shape index (κ3) is 3.92. The molecular formula is C24H24N2O. The molecular weight excluding hydrogens is 332 g/mol. The number of pyridine rings is 1. The Morgan fingerprint density at radius 2 is 1.81 bits per heavy atom. The zero-order valence-corrected chi connectivity index (χ0v) is 15.6. The lowest BCUT2D eigenvalue weighted by molar-refractivity contribution is 0.0706. The molecule has 1 saturated heterocycles. The largest absolute Gasteiger partial charge is 0.338 e. The summed E-state index contributed by atoms with van der Waals surface area (Å²) < 4.78 is 0. The molecule has 1 amide bonds. The molecule has 0 radical (unpaired) electrons. The third-order valence-electron chi connectivity index (χ3n) is 5.23. The molecule has 1 aliphatic heterocycles. The SMILES string of the molecule is Cc1cccc(-c2cccc([C@H]3CCCN(C(=O)c4ccccc4)C3)n2)c1. The van der Waals surface area contributed by atoms with Crippen LogP contribution in [-0.4, -0.2) is 28.9 Å². The maximum absolute atomic E-state index is 12.8. The van der Waals surface area contributed by atoms with Crippen molar-refractivity contribution in [2.45, 2.75) is 25.7 Å². The fourth-order valence-electron chi connectivity index (χ4n) is 3.81. The van der Waals surface area contributed by atoms with Gasteiger partial charge in [-0.25, -0.2) is 0 Å². The van der Waals surface area contributed by atoms with E-state index in [9.17, 15) is 4.79 Å². The quantitative estimate of drug-likeness (QED) is 0.656. The highest BCUT2D eigenvalue weighted by Crippen LogP contribution is 2.28. The van der Waals surface area contributed by atoms with Crippen molar-refractivity contribution in [3.05, 3.63) is 89.6 Å². The number of aromatic nitrogens is 1. The first-order valence-electron chi connectivity index (χ1n) is 9.59. The number of carbonyl (C=O) groups is 1. The van der Waals surface area contributed by atoms with Crippen LogP contribution in [0.1, 0.15) is 40.4 Å². The third-order valence-corrected chi connectivity index (χ3v) is 5.23. The lowest BCUT2D eigenvalue weighted by atomic mass is 9.93. The molecule has 0 unspecified atom stereocenters. The molecule has 4 rings (SSSR count). The van der Waals surface area contributed by atoms with Crippen molar-refractivity contribution in [3.63, 3.8) is 0 Å². The van der Waals surface area contributed by atoms with E-state index in [1.165, 1.54) is 5.56 Å². The molecule has 136 valence electrons. The summed E-state index contributed by atoms with van der Waals surface area (Å²) in [7, 11) is 0. The van der Waals surface area contributed by atoms with E-state index < -0.39 is 0 Å². The van der Waals surface area contributed by atoms with Gasteiger partial charge in [-0.15, -0.1) is 0 Å². The van der Waals surface area contributed by atoms with Crippen LogP contribution >= 0.6 is 0 Å². The Kier molecular flexibility index (Phi) is 5.01. The van der Waals surface area contributed by atoms with Crippen LogP contribution < -0.4 is 0 Å². The number of aryl methyl sites for hydroxylation is 1. The van der Waals surface area contributed by atoms with E-state index in [1.807, 2.05) is 35.2 Å². The van der Waals surface area contributed by atoms with E-state index in [0.29, 0.717) is 0 Å². The molecule has 1 aromatic heterocycles. The number of nitrogens with zero attached hydrogens (tertiary/aromatic N) is 2. The maximum atomic E-state index is 12.8. The number of likely N-dealkylation sites (tertiary alicyclic amines) is 1. The summed E-state index contributed by atoms with van der Waals surface area (Å²) in [5, 5.41) is 0. The molecule has 0 aliphatic carbocycles. The number of benzene rings is 2. The van der Waals surface area contributed by atoms with Gasteiger partial charge in [0.05, 0.1) is 5.69 Å². The Bertz CT molecular complexity index is 936. The van der Waals surface area contributed by atoms with Crippen LogP contribution in [0, 0.1) is 6.92 Å². The number of piperidine rings is 1. The van der Waals surface area contributed by atoms with Gasteiger partial charge in [0.2, 0.25) is 0 Å². The van der Waals surface area contributed by atoms with Crippen LogP contribution in [0.25, 0.3) is 11.3 Å². The molecule has 3 aromatic rings. The van der Waals surface area contributed by atoms with Crippen molar-refractivity contribution in [1.29, 1.82) is 0 Å². The zero-order valence-electron chi connectivity index (χ0n) is 15.6. The minimum Gasteiger partial charge on any atom is -0.338 e. The summed E-state index contributed by atoms with van der Waals surface area (Å²) in [6.45, 7) is 3.65. The van der Waals surface area contributed by atoms with Crippen LogP contribution in [0.2, 0.25) is 0 Å². The Hall–Kier alpha value is -2.94. The highest BCUT2D eigenvalue weighted by Gasteiger charge is 2.26. The smallest absolute Gasteiger partial charge is 0.253 e. The molecule has 1 aliphatic rings. The fraction of sp³-hybridized carbons (Fsp3) is 0.250. The van der Waals surface area contributed by atoms with Gasteiger partial charge >= 0.3 is 0 Å². The average Bonchev–Trinajstić information content (AvgIpc) is 2.74. The van der Waals surface area contributed by atoms with Crippen LogP contribution in [0.5, 0.6) is 0 Å². The van der Waals surface area contributed by atoms with Crippen molar-refractivity contribution in [1.82, 2.24) is 9.88 Å². The zero-order chi connectivity index (χ0) is 18.6. The number of hydrogen-bond donors (Lipinski definition) is 0. The molecule has 1 atom stereocenters. The first-order valence-corrected chi connectivity index (χ1v) is 9.59. The molecule has 0 bridgehead atoms. The number of amides is 1. The topological polar surface area (TPSA) is 33.2 Å². The Morgan fingerprint density at radius 3 is 2.63 bits per heavy atom. The predicted octanol–water partition coefficient (Wildman–Crippen LogP) is 5.08. The molecule has 0 saturated carbocycles. The minimum absolute atomic E-state index is 0.120. The van der Waals surface area contributed by atoms with Crippen LogP contribution in [-0.2, 0) is 0 Å². The summed E-state index contributed by atoms with van der Waals surface area (Å²) in [4.78, 5) is 19.7. The van der Waals surface area contributed by atoms with Crippen molar-refractivity contribution in [2.75, 3.05) is 13.1 Å². The summed E-state index contributed by atoms with van der Waals surface area (Å²) in [6, 6.07) is 24.2. The first-order chi connectivity index (χ1) is 13.2. The Morgan fingerprint density at radius 1 is 1.00 bits per heavy atom. The molecule has 1 fully saturated rings. The van der Waals surface area contributed by atoms with Crippen LogP contribution in [0.4, 0.5) is 0 Å². The van der Waals surface area contributed by atoms with Gasteiger partial charge in [0.25, 0.3) is 5.91 Å². The monoisotopic (exact) mass is 356 g/mol. The van der Waals surface area contributed by atoms with Crippen molar-refractivity contribution < 1.29 is 4.79 Å². The van der Waals surface area contributed by atoms with E-state index in [-0.39, 0.29) is 11.8 Å². The summed E-state index contributed by atoms with van der Waals surface area (Å²) in [5.41, 5.74) is 5.23. The van der Waals surface area contributed by atoms with Gasteiger partial charge in [0, 0.05) is 35.8 Å². The highest BCUT2D eigenvalue weighted by molar-refractivity contribution is 5.94. The predicted molar refractivity (Wildman–Crippen MR) is 109 cm³/mol. The van der Waals surface area contributed by atoms with Gasteiger partial charge in [0.1, 0.15) is 0 Å². The molecule has 0 spiro atoms. The van der Waals surface area contributed by atoms with E-state index in [4.69, 9.17) is 4.98 Å². The lowest BCUT2D eigenvalue weighted by Gasteiger charge is -2.32. The Labute approximate surface area is 160 Å². The van der Waals surface area contributed by atoms with Gasteiger partial charge in [0.15, 0.2) is 0 Å². The van der Waals surface area contributed by atoms with Crippen molar-refractivity contribution >= 4 is 5.91 Å². The van der Waals surface area contributed by atoms with Gasteiger partial charge in [-0.05, 0) is 50.1 Å². The lowest BCUT2D eigenvalue weighted by Crippen LogP contribution is -2.39. The summed E-state index contributed by atoms with van der Waals surface area (Å²) in [6.07, 6.45) is 2.09. The van der Waals surface area contributed by atoms with Gasteiger partial charge in [-0.3, -0.25) is 9.78 Å². The normalized spacial score (nSPS) is 16.9. The maximum Gasteiger partial charge on any atom is 0.253 e. The number of carbonyl (C=O) groups excluding carboxylic acids is 1. The molecule has 3 heteroatoms. The molecule has 3 nitrogen and oxygen atoms in total. The fourth-order valence-corrected chi connectivity index (χ4v) is 3.81. The van der Waals surface area contributed by atoms with E-state index in [0.717, 1.165) is 48.4 Å². The summed E-state index contributed by atoms with van der Waals surface area (Å²) >= 11 is 0. The molecule has 2 heterocycles. The highest BCUT2D eigenvalue weighted by atomic mass is 16.2. The Balaban J connectivity index is 1.55. The van der Waals surface area contributed by atoms with E-state index in [2.05, 4.69) is 49.4 Å². The van der Waals surface area contributed by atoms with Gasteiger partial charge in [-0.2, -0.15) is 0 Å². The second-order valence-electron chi connectivity index (χ2n) is 7.27. The molecule has 0 N–H and O–H groups in total. The number of hydrogen-bond acceptors (Lipinski definition) is 2. The van der Waals surface area contributed by atoms with Gasteiger partial charge in [-0.1, -0.05) is 48.0 Å². The number of rotatable bonds is 3. The van der Waals surface area contributed by atoms with Crippen molar-refractivity contribution in [3.8, 4) is 11.3 Å². The van der Waals surface area contributed by atoms with Gasteiger partial charge < -0.3 is 4.90 Å². The second kappa shape index (κ2) is 7.75. The van der Waals surface area contributed by atoms with E-state index in [1.54, 1.807) is 0 Å². The first kappa shape index (κ1) is 17.5. The van der Waals surface area contributed by atoms with Crippen LogP contribution in [0.3, 0.4) is 0 Å². The van der Waals surface area contributed by atoms with Crippen molar-refractivity contribution in [2.24, 2.45) is 0 Å². The average molecular weight is 356 g/mol. The molecule has 27 heavy (non-hydrogen) atoms. The standard InChI is InChI=1S/C24H24N2O/c1-18-8-5-11-20(16-18)22-13-6-14-23(25-22)21-12-7-15-26(17-21)24(27)19-9-3-2-4-10-19/h2-6,8-11,13-14,16,21H,7,12,15,17H2,1H3/t21-/m0/s1. The van der Waals surface area contributed by atoms with E-state index >= 15 is 0 Å². The second-order valence-corrected chi connectivity index (χ2v) is 7.27.